The molecule has 0 saturated carbocycles. The van der Waals surface area contributed by atoms with E-state index in [2.05, 4.69) is 34.1 Å². The fourth-order valence-electron chi connectivity index (χ4n) is 3.15. The van der Waals surface area contributed by atoms with Gasteiger partial charge in [-0.2, -0.15) is 9.50 Å². The van der Waals surface area contributed by atoms with Crippen LogP contribution in [0, 0.1) is 0 Å². The third kappa shape index (κ3) is 2.71. The molecule has 4 rings (SSSR count). The van der Waals surface area contributed by atoms with Crippen LogP contribution in [0.15, 0.2) is 41.7 Å². The molecule has 1 unspecified atom stereocenters. The summed E-state index contributed by atoms with van der Waals surface area (Å²) in [5.41, 5.74) is 2.81. The topological polar surface area (TPSA) is 60.1 Å². The average Bonchev–Trinajstić information content (AvgIpc) is 3.04. The molecule has 0 aliphatic heterocycles. The highest BCUT2D eigenvalue weighted by atomic mass is 32.2. The Balaban J connectivity index is 1.75. The molecule has 0 bridgehead atoms. The van der Waals surface area contributed by atoms with E-state index in [1.165, 1.54) is 5.56 Å². The second-order valence-electron chi connectivity index (χ2n) is 6.01. The third-order valence-corrected chi connectivity index (χ3v) is 5.37. The molecule has 0 N–H and O–H groups in total. The number of Topliss-reactive ketones (excluding diaryl/α,β-unsaturated/α-hetero) is 1. The van der Waals surface area contributed by atoms with Crippen LogP contribution in [0.25, 0.3) is 5.78 Å². The molecule has 0 amide bonds. The molecule has 0 saturated heterocycles. The van der Waals surface area contributed by atoms with Gasteiger partial charge in [-0.25, -0.2) is 4.98 Å². The molecule has 2 heterocycles. The van der Waals surface area contributed by atoms with Gasteiger partial charge >= 0.3 is 0 Å². The number of fused-ring (bicyclic) bond motifs is 3. The van der Waals surface area contributed by atoms with Gasteiger partial charge in [0.15, 0.2) is 5.78 Å². The molecule has 1 aromatic carbocycles. The average molecular weight is 338 g/mol. The van der Waals surface area contributed by atoms with E-state index >= 15 is 0 Å². The van der Waals surface area contributed by atoms with Crippen LogP contribution in [-0.2, 0) is 6.42 Å². The van der Waals surface area contributed by atoms with Crippen molar-refractivity contribution in [2.45, 2.75) is 37.3 Å². The zero-order valence-electron chi connectivity index (χ0n) is 13.5. The van der Waals surface area contributed by atoms with Crippen molar-refractivity contribution in [3.8, 4) is 0 Å². The number of hydrogen-bond acceptors (Lipinski definition) is 5. The summed E-state index contributed by atoms with van der Waals surface area (Å²) in [6, 6.07) is 10.2. The van der Waals surface area contributed by atoms with Crippen LogP contribution in [0.4, 0.5) is 0 Å². The van der Waals surface area contributed by atoms with E-state index in [9.17, 15) is 4.79 Å². The Kier molecular flexibility index (Phi) is 4.06. The third-order valence-electron chi connectivity index (χ3n) is 4.32. The maximum atomic E-state index is 12.6. The quantitative estimate of drug-likeness (QED) is 0.681. The van der Waals surface area contributed by atoms with Crippen molar-refractivity contribution >= 4 is 23.3 Å². The summed E-state index contributed by atoms with van der Waals surface area (Å²) in [7, 11) is 0. The first-order valence-electron chi connectivity index (χ1n) is 8.22. The van der Waals surface area contributed by atoms with E-state index in [1.54, 1.807) is 22.5 Å². The van der Waals surface area contributed by atoms with E-state index in [0.29, 0.717) is 17.8 Å². The SMILES string of the molecule is CCCSc1nc2ncc3c(n2n1)CC(c1ccccc1)CC3=O. The molecule has 5 nitrogen and oxygen atoms in total. The minimum Gasteiger partial charge on any atom is -0.294 e. The molecule has 0 radical (unpaired) electrons. The highest BCUT2D eigenvalue weighted by Gasteiger charge is 2.29. The molecule has 122 valence electrons. The predicted molar refractivity (Wildman–Crippen MR) is 93.6 cm³/mol. The number of thioether (sulfide) groups is 1. The van der Waals surface area contributed by atoms with Crippen LogP contribution in [0.5, 0.6) is 0 Å². The maximum absolute atomic E-state index is 12.6. The summed E-state index contributed by atoms with van der Waals surface area (Å²) in [6.45, 7) is 2.13. The predicted octanol–water partition coefficient (Wildman–Crippen LogP) is 3.54. The van der Waals surface area contributed by atoms with E-state index in [-0.39, 0.29) is 11.7 Å². The zero-order valence-corrected chi connectivity index (χ0v) is 14.3. The van der Waals surface area contributed by atoms with E-state index in [0.717, 1.165) is 29.4 Å². The monoisotopic (exact) mass is 338 g/mol. The Morgan fingerprint density at radius 2 is 2.08 bits per heavy atom. The van der Waals surface area contributed by atoms with Crippen molar-refractivity contribution < 1.29 is 4.79 Å². The van der Waals surface area contributed by atoms with Crippen LogP contribution >= 0.6 is 11.8 Å². The first-order valence-corrected chi connectivity index (χ1v) is 9.20. The molecular formula is C18H18N4OS. The van der Waals surface area contributed by atoms with Crippen molar-refractivity contribution in [1.82, 2.24) is 19.6 Å². The first-order chi connectivity index (χ1) is 11.8. The van der Waals surface area contributed by atoms with E-state index in [4.69, 9.17) is 0 Å². The highest BCUT2D eigenvalue weighted by Crippen LogP contribution is 2.32. The van der Waals surface area contributed by atoms with Gasteiger partial charge in [-0.15, -0.1) is 5.10 Å². The summed E-state index contributed by atoms with van der Waals surface area (Å²) < 4.78 is 1.76. The summed E-state index contributed by atoms with van der Waals surface area (Å²) in [6.07, 6.45) is 4.04. The number of hydrogen-bond donors (Lipinski definition) is 0. The van der Waals surface area contributed by atoms with Gasteiger partial charge in [0.2, 0.25) is 5.16 Å². The summed E-state index contributed by atoms with van der Waals surface area (Å²) >= 11 is 1.63. The van der Waals surface area contributed by atoms with Crippen LogP contribution in [0.3, 0.4) is 0 Å². The van der Waals surface area contributed by atoms with Gasteiger partial charge in [0, 0.05) is 18.4 Å². The lowest BCUT2D eigenvalue weighted by molar-refractivity contribution is 0.0962. The molecule has 1 atom stereocenters. The zero-order chi connectivity index (χ0) is 16.5. The fraction of sp³-hybridized carbons (Fsp3) is 0.333. The second-order valence-corrected chi connectivity index (χ2v) is 7.07. The lowest BCUT2D eigenvalue weighted by atomic mass is 9.82. The lowest BCUT2D eigenvalue weighted by Gasteiger charge is -2.23. The molecule has 0 spiro atoms. The van der Waals surface area contributed by atoms with Crippen LogP contribution in [0.2, 0.25) is 0 Å². The number of carbonyl (C=O) groups is 1. The van der Waals surface area contributed by atoms with Crippen molar-refractivity contribution in [2.24, 2.45) is 0 Å². The standard InChI is InChI=1S/C18H18N4OS/c1-2-8-24-18-20-17-19-11-14-15(22(17)21-18)9-13(10-16(14)23)12-6-4-3-5-7-12/h3-7,11,13H,2,8-10H2,1H3. The fourth-order valence-corrected chi connectivity index (χ4v) is 3.82. The number of ketones is 1. The molecule has 24 heavy (non-hydrogen) atoms. The molecule has 1 aliphatic rings. The van der Waals surface area contributed by atoms with Gasteiger partial charge in [0.05, 0.1) is 11.3 Å². The van der Waals surface area contributed by atoms with Gasteiger partial charge in [-0.05, 0) is 24.3 Å². The number of aromatic nitrogens is 4. The summed E-state index contributed by atoms with van der Waals surface area (Å²) in [5.74, 6) is 1.88. The van der Waals surface area contributed by atoms with Crippen LogP contribution in [-0.4, -0.2) is 31.1 Å². The Labute approximate surface area is 144 Å². The minimum absolute atomic E-state index is 0.137. The largest absolute Gasteiger partial charge is 0.294 e. The number of nitrogens with zero attached hydrogens (tertiary/aromatic N) is 4. The second kappa shape index (κ2) is 6.36. The van der Waals surface area contributed by atoms with Gasteiger partial charge in [-0.1, -0.05) is 49.0 Å². The maximum Gasteiger partial charge on any atom is 0.253 e. The molecule has 0 fully saturated rings. The Bertz CT molecular complexity index is 891. The van der Waals surface area contributed by atoms with Crippen molar-refractivity contribution in [2.75, 3.05) is 5.75 Å². The Hall–Kier alpha value is -2.21. The molecule has 3 aromatic rings. The van der Waals surface area contributed by atoms with Gasteiger partial charge < -0.3 is 0 Å². The minimum atomic E-state index is 0.137. The smallest absolute Gasteiger partial charge is 0.253 e. The summed E-state index contributed by atoms with van der Waals surface area (Å²) in [5, 5.41) is 5.31. The van der Waals surface area contributed by atoms with Crippen LogP contribution < -0.4 is 0 Å². The Morgan fingerprint density at radius 1 is 1.25 bits per heavy atom. The number of carbonyl (C=O) groups excluding carboxylic acids is 1. The Morgan fingerprint density at radius 3 is 2.88 bits per heavy atom. The first kappa shape index (κ1) is 15.3. The summed E-state index contributed by atoms with van der Waals surface area (Å²) in [4.78, 5) is 21.4. The highest BCUT2D eigenvalue weighted by molar-refractivity contribution is 7.99. The van der Waals surface area contributed by atoms with Gasteiger partial charge in [-0.3, -0.25) is 4.79 Å². The van der Waals surface area contributed by atoms with E-state index in [1.807, 2.05) is 18.2 Å². The molecule has 1 aliphatic carbocycles. The van der Waals surface area contributed by atoms with Crippen molar-refractivity contribution in [1.29, 1.82) is 0 Å². The normalized spacial score (nSPS) is 17.2. The number of rotatable bonds is 4. The van der Waals surface area contributed by atoms with Gasteiger partial charge in [0.1, 0.15) is 0 Å². The van der Waals surface area contributed by atoms with Gasteiger partial charge in [0.25, 0.3) is 5.78 Å². The van der Waals surface area contributed by atoms with E-state index < -0.39 is 0 Å². The lowest BCUT2D eigenvalue weighted by Crippen LogP contribution is -2.22. The number of benzene rings is 1. The molecular weight excluding hydrogens is 320 g/mol. The molecule has 6 heteroatoms. The van der Waals surface area contributed by atoms with Crippen molar-refractivity contribution in [3.05, 3.63) is 53.3 Å². The molecule has 2 aromatic heterocycles. The van der Waals surface area contributed by atoms with Crippen molar-refractivity contribution in [3.63, 3.8) is 0 Å². The van der Waals surface area contributed by atoms with Crippen LogP contribution in [0.1, 0.15) is 47.3 Å².